The predicted octanol–water partition coefficient (Wildman–Crippen LogP) is 5.19. The van der Waals surface area contributed by atoms with E-state index in [1.165, 1.54) is 11.1 Å². The maximum Gasteiger partial charge on any atom is -0.0129 e. The van der Waals surface area contributed by atoms with Gasteiger partial charge in [0.25, 0.3) is 0 Å². The zero-order chi connectivity index (χ0) is 11.2. The van der Waals surface area contributed by atoms with E-state index in [0.29, 0.717) is 0 Å². The Kier molecular flexibility index (Phi) is 9.42. The number of hydrogen-bond acceptors (Lipinski definition) is 0. The van der Waals surface area contributed by atoms with Crippen LogP contribution in [-0.4, -0.2) is 0 Å². The summed E-state index contributed by atoms with van der Waals surface area (Å²) in [5.41, 5.74) is 3.24. The standard InChI is InChI=1S/C12H18.C2H6.HI/c1-5-10-8-6-7-9-11(10)12(2,3)4;1-2;/h6-9H,5H2,1-4H3;1-2H3;1H. The molecule has 1 aromatic carbocycles. The Balaban J connectivity index is 0. The summed E-state index contributed by atoms with van der Waals surface area (Å²) in [6.45, 7) is 13.0. The van der Waals surface area contributed by atoms with Crippen molar-refractivity contribution in [2.75, 3.05) is 0 Å². The Labute approximate surface area is 113 Å². The Morgan fingerprint density at radius 2 is 1.47 bits per heavy atom. The molecule has 88 valence electrons. The lowest BCUT2D eigenvalue weighted by molar-refractivity contribution is 0.583. The Bertz CT molecular complexity index is 258. The highest BCUT2D eigenvalue weighted by atomic mass is 127. The van der Waals surface area contributed by atoms with E-state index in [4.69, 9.17) is 0 Å². The average molecular weight is 320 g/mol. The largest absolute Gasteiger partial charge is 0.107 e. The molecule has 0 unspecified atom stereocenters. The molecule has 1 rings (SSSR count). The van der Waals surface area contributed by atoms with Gasteiger partial charge in [-0.05, 0) is 23.0 Å². The van der Waals surface area contributed by atoms with Crippen molar-refractivity contribution in [2.24, 2.45) is 0 Å². The molecule has 0 aliphatic rings. The van der Waals surface area contributed by atoms with Gasteiger partial charge in [0.05, 0.1) is 0 Å². The molecule has 0 heterocycles. The van der Waals surface area contributed by atoms with Gasteiger partial charge in [0.15, 0.2) is 0 Å². The van der Waals surface area contributed by atoms with Gasteiger partial charge in [-0.1, -0.05) is 65.8 Å². The van der Waals surface area contributed by atoms with Crippen LogP contribution in [0.2, 0.25) is 0 Å². The molecular weight excluding hydrogens is 295 g/mol. The van der Waals surface area contributed by atoms with Crippen molar-refractivity contribution >= 4 is 24.0 Å². The number of halogens is 1. The van der Waals surface area contributed by atoms with Crippen LogP contribution in [0.3, 0.4) is 0 Å². The first-order chi connectivity index (χ1) is 6.55. The van der Waals surface area contributed by atoms with Gasteiger partial charge in [-0.25, -0.2) is 0 Å². The molecule has 0 radical (unpaired) electrons. The normalized spacial score (nSPS) is 9.73. The van der Waals surface area contributed by atoms with Gasteiger partial charge >= 0.3 is 0 Å². The summed E-state index contributed by atoms with van der Waals surface area (Å²) in [5, 5.41) is 0. The molecule has 0 fully saturated rings. The van der Waals surface area contributed by atoms with Crippen LogP contribution in [0.25, 0.3) is 0 Å². The third-order valence-corrected chi connectivity index (χ3v) is 2.21. The van der Waals surface area contributed by atoms with E-state index in [1.807, 2.05) is 13.8 Å². The lowest BCUT2D eigenvalue weighted by Crippen LogP contribution is -2.13. The first-order valence-electron chi connectivity index (χ1n) is 5.64. The molecule has 1 heteroatoms. The molecule has 0 nitrogen and oxygen atoms in total. The van der Waals surface area contributed by atoms with Gasteiger partial charge in [-0.2, -0.15) is 0 Å². The van der Waals surface area contributed by atoms with Gasteiger partial charge in [0.1, 0.15) is 0 Å². The number of hydrogen-bond donors (Lipinski definition) is 0. The molecule has 15 heavy (non-hydrogen) atoms. The Morgan fingerprint density at radius 3 is 1.80 bits per heavy atom. The van der Waals surface area contributed by atoms with Crippen LogP contribution in [0, 0.1) is 0 Å². The quantitative estimate of drug-likeness (QED) is 0.625. The van der Waals surface area contributed by atoms with Crippen LogP contribution in [0.5, 0.6) is 0 Å². The van der Waals surface area contributed by atoms with Crippen molar-refractivity contribution < 1.29 is 0 Å². The maximum absolute atomic E-state index is 2.27. The summed E-state index contributed by atoms with van der Waals surface area (Å²) in [5.74, 6) is 0. The van der Waals surface area contributed by atoms with Crippen molar-refractivity contribution in [2.45, 2.75) is 53.4 Å². The summed E-state index contributed by atoms with van der Waals surface area (Å²) in [7, 11) is 0. The molecule has 0 saturated carbocycles. The minimum Gasteiger partial charge on any atom is -0.107 e. The van der Waals surface area contributed by atoms with Crippen molar-refractivity contribution in [3.05, 3.63) is 35.4 Å². The fourth-order valence-electron chi connectivity index (χ4n) is 1.56. The molecule has 0 bridgehead atoms. The van der Waals surface area contributed by atoms with Crippen LogP contribution in [0.15, 0.2) is 24.3 Å². The van der Waals surface area contributed by atoms with Gasteiger partial charge in [0, 0.05) is 0 Å². The van der Waals surface area contributed by atoms with E-state index in [-0.39, 0.29) is 29.4 Å². The van der Waals surface area contributed by atoms with Crippen LogP contribution in [0.4, 0.5) is 0 Å². The van der Waals surface area contributed by atoms with Gasteiger partial charge in [-0.3, -0.25) is 0 Å². The minimum absolute atomic E-state index is 0. The van der Waals surface area contributed by atoms with Crippen molar-refractivity contribution in [3.8, 4) is 0 Å². The van der Waals surface area contributed by atoms with Crippen LogP contribution >= 0.6 is 24.0 Å². The molecule has 1 aromatic rings. The summed E-state index contributed by atoms with van der Waals surface area (Å²) < 4.78 is 0. The SMILES string of the molecule is CC.CCc1ccccc1C(C)(C)C.I. The predicted molar refractivity (Wildman–Crippen MR) is 81.3 cm³/mol. The van der Waals surface area contributed by atoms with E-state index >= 15 is 0 Å². The van der Waals surface area contributed by atoms with Crippen LogP contribution in [0.1, 0.15) is 52.7 Å². The summed E-state index contributed by atoms with van der Waals surface area (Å²) >= 11 is 0. The van der Waals surface area contributed by atoms with E-state index < -0.39 is 0 Å². The molecule has 0 amide bonds. The summed E-state index contributed by atoms with van der Waals surface area (Å²) in [6.07, 6.45) is 1.13. The Hall–Kier alpha value is -0.0500. The van der Waals surface area contributed by atoms with Gasteiger partial charge < -0.3 is 0 Å². The molecule has 0 N–H and O–H groups in total. The molecule has 0 aliphatic carbocycles. The zero-order valence-electron chi connectivity index (χ0n) is 10.9. The first kappa shape index (κ1) is 17.3. The molecule has 0 aromatic heterocycles. The monoisotopic (exact) mass is 320 g/mol. The van der Waals surface area contributed by atoms with Crippen LogP contribution < -0.4 is 0 Å². The minimum atomic E-state index is 0. The van der Waals surface area contributed by atoms with E-state index in [2.05, 4.69) is 52.0 Å². The van der Waals surface area contributed by atoms with Crippen molar-refractivity contribution in [1.82, 2.24) is 0 Å². The zero-order valence-corrected chi connectivity index (χ0v) is 13.3. The van der Waals surface area contributed by atoms with E-state index in [9.17, 15) is 0 Å². The van der Waals surface area contributed by atoms with E-state index in [1.54, 1.807) is 0 Å². The highest BCUT2D eigenvalue weighted by Gasteiger charge is 2.15. The lowest BCUT2D eigenvalue weighted by Gasteiger charge is -2.22. The second-order valence-corrected chi connectivity index (χ2v) is 4.26. The average Bonchev–Trinajstić information content (AvgIpc) is 2.19. The second kappa shape index (κ2) is 8.14. The third-order valence-electron chi connectivity index (χ3n) is 2.21. The molecule has 0 aliphatic heterocycles. The van der Waals surface area contributed by atoms with Crippen molar-refractivity contribution in [1.29, 1.82) is 0 Å². The third kappa shape index (κ3) is 5.55. The van der Waals surface area contributed by atoms with E-state index in [0.717, 1.165) is 6.42 Å². The van der Waals surface area contributed by atoms with Gasteiger partial charge in [-0.15, -0.1) is 24.0 Å². The number of aryl methyl sites for hydroxylation is 1. The first-order valence-corrected chi connectivity index (χ1v) is 5.64. The Morgan fingerprint density at radius 1 is 1.00 bits per heavy atom. The maximum atomic E-state index is 2.27. The summed E-state index contributed by atoms with van der Waals surface area (Å²) in [6, 6.07) is 8.70. The highest BCUT2D eigenvalue weighted by Crippen LogP contribution is 2.25. The highest BCUT2D eigenvalue weighted by molar-refractivity contribution is 14.0. The number of benzene rings is 1. The summed E-state index contributed by atoms with van der Waals surface area (Å²) in [4.78, 5) is 0. The second-order valence-electron chi connectivity index (χ2n) is 4.26. The fraction of sp³-hybridized carbons (Fsp3) is 0.571. The topological polar surface area (TPSA) is 0 Å². The fourth-order valence-corrected chi connectivity index (χ4v) is 1.56. The lowest BCUT2D eigenvalue weighted by atomic mass is 9.83. The van der Waals surface area contributed by atoms with Crippen molar-refractivity contribution in [3.63, 3.8) is 0 Å². The van der Waals surface area contributed by atoms with Crippen LogP contribution in [-0.2, 0) is 11.8 Å². The smallest absolute Gasteiger partial charge is 0.0129 e. The molecule has 0 spiro atoms. The van der Waals surface area contributed by atoms with Gasteiger partial charge in [0.2, 0.25) is 0 Å². The molecule has 0 saturated heterocycles. The molecular formula is C14H25I. The number of rotatable bonds is 1. The molecule has 0 atom stereocenters.